The maximum atomic E-state index is 14.4. The van der Waals surface area contributed by atoms with Crippen LogP contribution in [0.15, 0.2) is 41.9 Å². The van der Waals surface area contributed by atoms with E-state index in [1.54, 1.807) is 34.8 Å². The van der Waals surface area contributed by atoms with Crippen LogP contribution in [0, 0.1) is 12.7 Å². The van der Waals surface area contributed by atoms with Crippen LogP contribution in [-0.2, 0) is 20.1 Å². The van der Waals surface area contributed by atoms with Crippen molar-refractivity contribution in [2.45, 2.75) is 20.0 Å². The van der Waals surface area contributed by atoms with Crippen molar-refractivity contribution in [2.24, 2.45) is 12.0 Å². The number of imidazole rings is 1. The van der Waals surface area contributed by atoms with Crippen LogP contribution >= 0.6 is 0 Å². The third-order valence-electron chi connectivity index (χ3n) is 4.00. The van der Waals surface area contributed by atoms with E-state index in [0.29, 0.717) is 24.7 Å². The fourth-order valence-corrected chi connectivity index (χ4v) is 2.54. The normalized spacial score (nSPS) is 11.6. The summed E-state index contributed by atoms with van der Waals surface area (Å²) in [6, 6.07) is 5.13. The Morgan fingerprint density at radius 3 is 2.65 bits per heavy atom. The molecule has 0 radical (unpaired) electrons. The molecule has 0 aliphatic carbocycles. The summed E-state index contributed by atoms with van der Waals surface area (Å²) in [5, 5.41) is 10.3. The molecule has 8 nitrogen and oxygen atoms in total. The minimum Gasteiger partial charge on any atom is -0.352 e. The molecule has 2 N–H and O–H groups in total. The Hall–Kier alpha value is -3.23. The average Bonchev–Trinajstić information content (AvgIpc) is 3.23. The Balaban J connectivity index is 1.61. The highest BCUT2D eigenvalue weighted by Crippen LogP contribution is 2.16. The minimum absolute atomic E-state index is 0.299. The number of halogens is 1. The number of hydrogen-bond donors (Lipinski definition) is 2. The van der Waals surface area contributed by atoms with E-state index in [0.717, 1.165) is 17.2 Å². The molecule has 3 rings (SSSR count). The van der Waals surface area contributed by atoms with E-state index >= 15 is 0 Å². The van der Waals surface area contributed by atoms with Crippen molar-refractivity contribution in [2.75, 3.05) is 7.05 Å². The van der Waals surface area contributed by atoms with Crippen LogP contribution in [-0.4, -0.2) is 37.3 Å². The van der Waals surface area contributed by atoms with E-state index in [2.05, 4.69) is 30.7 Å². The summed E-state index contributed by atoms with van der Waals surface area (Å²) in [4.78, 5) is 12.4. The van der Waals surface area contributed by atoms with Gasteiger partial charge >= 0.3 is 0 Å². The number of nitrogens with one attached hydrogen (secondary N) is 2. The van der Waals surface area contributed by atoms with E-state index in [9.17, 15) is 4.39 Å². The van der Waals surface area contributed by atoms with Crippen LogP contribution < -0.4 is 10.6 Å². The molecule has 9 heteroatoms. The standard InChI is InChI=1S/C17H21FN8/c1-12-20-6-7-26(12)15-5-4-13(8-14(15)18)9-21-17(19-2)22-10-16-23-11-24-25(16)3/h4-8,11H,9-10H2,1-3H3,(H2,19,21,22). The second-order valence-electron chi connectivity index (χ2n) is 5.71. The summed E-state index contributed by atoms with van der Waals surface area (Å²) in [6.45, 7) is 2.77. The number of benzene rings is 1. The van der Waals surface area contributed by atoms with Gasteiger partial charge < -0.3 is 15.2 Å². The minimum atomic E-state index is -0.299. The second-order valence-corrected chi connectivity index (χ2v) is 5.71. The van der Waals surface area contributed by atoms with Gasteiger partial charge in [-0.05, 0) is 24.6 Å². The van der Waals surface area contributed by atoms with Gasteiger partial charge in [-0.15, -0.1) is 0 Å². The van der Waals surface area contributed by atoms with Crippen molar-refractivity contribution in [3.05, 3.63) is 59.9 Å². The van der Waals surface area contributed by atoms with E-state index in [4.69, 9.17) is 0 Å². The highest BCUT2D eigenvalue weighted by atomic mass is 19.1. The van der Waals surface area contributed by atoms with Crippen LogP contribution in [0.25, 0.3) is 5.69 Å². The van der Waals surface area contributed by atoms with Gasteiger partial charge in [0.25, 0.3) is 0 Å². The molecule has 1 aromatic carbocycles. The number of aryl methyl sites for hydroxylation is 2. The van der Waals surface area contributed by atoms with E-state index in [-0.39, 0.29) is 5.82 Å². The predicted octanol–water partition coefficient (Wildman–Crippen LogP) is 1.31. The summed E-state index contributed by atoms with van der Waals surface area (Å²) in [7, 11) is 3.50. The van der Waals surface area contributed by atoms with Crippen molar-refractivity contribution < 1.29 is 4.39 Å². The summed E-state index contributed by atoms with van der Waals surface area (Å²) in [5.74, 6) is 1.83. The zero-order chi connectivity index (χ0) is 18.5. The molecule has 0 saturated heterocycles. The molecular formula is C17H21FN8. The molecule has 3 aromatic rings. The predicted molar refractivity (Wildman–Crippen MR) is 96.3 cm³/mol. The van der Waals surface area contributed by atoms with Gasteiger partial charge in [0.2, 0.25) is 0 Å². The molecule has 0 bridgehead atoms. The monoisotopic (exact) mass is 356 g/mol. The van der Waals surface area contributed by atoms with Gasteiger partial charge in [-0.25, -0.2) is 14.4 Å². The molecule has 136 valence electrons. The quantitative estimate of drug-likeness (QED) is 0.532. The van der Waals surface area contributed by atoms with Crippen LogP contribution in [0.2, 0.25) is 0 Å². The Morgan fingerprint density at radius 1 is 1.23 bits per heavy atom. The number of hydrogen-bond acceptors (Lipinski definition) is 4. The van der Waals surface area contributed by atoms with E-state index in [1.165, 1.54) is 12.4 Å². The summed E-state index contributed by atoms with van der Waals surface area (Å²) in [6.07, 6.45) is 4.89. The van der Waals surface area contributed by atoms with Crippen LogP contribution in [0.3, 0.4) is 0 Å². The van der Waals surface area contributed by atoms with Gasteiger partial charge in [-0.1, -0.05) is 6.07 Å². The van der Waals surface area contributed by atoms with Crippen molar-refractivity contribution >= 4 is 5.96 Å². The lowest BCUT2D eigenvalue weighted by Gasteiger charge is -2.13. The second kappa shape index (κ2) is 7.77. The fraction of sp³-hybridized carbons (Fsp3) is 0.294. The Kier molecular flexibility index (Phi) is 5.26. The smallest absolute Gasteiger partial charge is 0.191 e. The first kappa shape index (κ1) is 17.6. The highest BCUT2D eigenvalue weighted by Gasteiger charge is 2.08. The molecule has 0 saturated carbocycles. The Morgan fingerprint density at radius 2 is 2.04 bits per heavy atom. The topological polar surface area (TPSA) is 84.9 Å². The first-order valence-corrected chi connectivity index (χ1v) is 8.14. The summed E-state index contributed by atoms with van der Waals surface area (Å²) >= 11 is 0. The Bertz CT molecular complexity index is 911. The van der Waals surface area contributed by atoms with Crippen molar-refractivity contribution in [3.63, 3.8) is 0 Å². The zero-order valence-corrected chi connectivity index (χ0v) is 14.9. The molecule has 2 aromatic heterocycles. The SMILES string of the molecule is CN=C(NCc1ccc(-n2ccnc2C)c(F)c1)NCc1ncnn1C. The third kappa shape index (κ3) is 3.88. The van der Waals surface area contributed by atoms with Gasteiger partial charge in [-0.2, -0.15) is 5.10 Å². The molecule has 0 aliphatic rings. The zero-order valence-electron chi connectivity index (χ0n) is 14.9. The molecule has 0 fully saturated rings. The maximum absolute atomic E-state index is 14.4. The van der Waals surface area contributed by atoms with Gasteiger partial charge in [0.05, 0.1) is 12.2 Å². The molecule has 0 amide bonds. The lowest BCUT2D eigenvalue weighted by Crippen LogP contribution is -2.37. The lowest BCUT2D eigenvalue weighted by atomic mass is 10.2. The first-order chi connectivity index (χ1) is 12.6. The number of aromatic nitrogens is 5. The van der Waals surface area contributed by atoms with E-state index in [1.807, 2.05) is 20.0 Å². The molecule has 2 heterocycles. The highest BCUT2D eigenvalue weighted by molar-refractivity contribution is 5.79. The van der Waals surface area contributed by atoms with Crippen molar-refractivity contribution in [3.8, 4) is 5.69 Å². The average molecular weight is 356 g/mol. The fourth-order valence-electron chi connectivity index (χ4n) is 2.54. The number of rotatable bonds is 5. The van der Waals surface area contributed by atoms with Crippen LogP contribution in [0.5, 0.6) is 0 Å². The van der Waals surface area contributed by atoms with Crippen LogP contribution in [0.1, 0.15) is 17.2 Å². The molecule has 0 atom stereocenters. The van der Waals surface area contributed by atoms with Crippen molar-refractivity contribution in [1.82, 2.24) is 34.9 Å². The molecular weight excluding hydrogens is 335 g/mol. The lowest BCUT2D eigenvalue weighted by molar-refractivity contribution is 0.613. The van der Waals surface area contributed by atoms with Crippen LogP contribution in [0.4, 0.5) is 4.39 Å². The summed E-state index contributed by atoms with van der Waals surface area (Å²) < 4.78 is 17.8. The van der Waals surface area contributed by atoms with Gasteiger partial charge in [0, 0.05) is 33.0 Å². The summed E-state index contributed by atoms with van der Waals surface area (Å²) in [5.41, 5.74) is 1.29. The Labute approximate surface area is 150 Å². The van der Waals surface area contributed by atoms with Gasteiger partial charge in [0.15, 0.2) is 5.96 Å². The molecule has 0 unspecified atom stereocenters. The molecule has 0 spiro atoms. The number of aliphatic imine (C=N–C) groups is 1. The first-order valence-electron chi connectivity index (χ1n) is 8.14. The van der Waals surface area contributed by atoms with Gasteiger partial charge in [-0.3, -0.25) is 9.67 Å². The number of guanidine groups is 1. The van der Waals surface area contributed by atoms with Crippen molar-refractivity contribution in [1.29, 1.82) is 0 Å². The molecule has 26 heavy (non-hydrogen) atoms. The maximum Gasteiger partial charge on any atom is 0.191 e. The van der Waals surface area contributed by atoms with E-state index < -0.39 is 0 Å². The third-order valence-corrected chi connectivity index (χ3v) is 4.00. The molecule has 0 aliphatic heterocycles. The van der Waals surface area contributed by atoms with Gasteiger partial charge in [0.1, 0.15) is 23.8 Å². The largest absolute Gasteiger partial charge is 0.352 e. The number of nitrogens with zero attached hydrogens (tertiary/aromatic N) is 6.